The molecule has 2 aromatic carbocycles. The number of rotatable bonds is 6. The van der Waals surface area contributed by atoms with E-state index in [0.29, 0.717) is 23.2 Å². The van der Waals surface area contributed by atoms with Gasteiger partial charge >= 0.3 is 0 Å². The number of anilines is 2. The summed E-state index contributed by atoms with van der Waals surface area (Å²) in [5.74, 6) is -0.795. The molecule has 0 radical (unpaired) electrons. The van der Waals surface area contributed by atoms with Gasteiger partial charge in [0.25, 0.3) is 11.8 Å². The molecule has 0 aliphatic carbocycles. The lowest BCUT2D eigenvalue weighted by atomic mass is 9.93. The van der Waals surface area contributed by atoms with Crippen LogP contribution in [0.25, 0.3) is 11.6 Å². The standard InChI is InChI=1S/C27H28N6O2/c1-31-13-15-33(16-14-31)22-7-5-21(6-8-22)29-18-25-24-17-20(3-2-11-32-12-10-28-19-32)4-9-23(24)26(34)30-27(25)35/h2-10,12,17-19,29H,11,13-16H2,1H3,(H,30,34,35)/b3-2+,25-18-. The van der Waals surface area contributed by atoms with Gasteiger partial charge < -0.3 is 19.7 Å². The highest BCUT2D eigenvalue weighted by Gasteiger charge is 2.27. The molecule has 8 heteroatoms. The third-order valence-corrected chi connectivity index (χ3v) is 6.35. The number of nitrogens with zero attached hydrogens (tertiary/aromatic N) is 4. The van der Waals surface area contributed by atoms with Gasteiger partial charge in [-0.25, -0.2) is 4.98 Å². The number of piperazine rings is 1. The van der Waals surface area contributed by atoms with Crippen LogP contribution in [0.1, 0.15) is 21.5 Å². The smallest absolute Gasteiger partial charge is 0.260 e. The predicted molar refractivity (Wildman–Crippen MR) is 138 cm³/mol. The van der Waals surface area contributed by atoms with Crippen LogP contribution in [0.4, 0.5) is 11.4 Å². The third kappa shape index (κ3) is 5.17. The van der Waals surface area contributed by atoms with Gasteiger partial charge in [0.2, 0.25) is 0 Å². The number of nitrogens with one attached hydrogen (secondary N) is 2. The summed E-state index contributed by atoms with van der Waals surface area (Å²) in [7, 11) is 2.14. The Bertz CT molecular complexity index is 1270. The van der Waals surface area contributed by atoms with Crippen molar-refractivity contribution in [3.63, 3.8) is 0 Å². The Balaban J connectivity index is 1.33. The van der Waals surface area contributed by atoms with Crippen LogP contribution in [-0.4, -0.2) is 59.5 Å². The summed E-state index contributed by atoms with van der Waals surface area (Å²) in [5.41, 5.74) is 4.49. The number of benzene rings is 2. The minimum absolute atomic E-state index is 0.382. The Morgan fingerprint density at radius 3 is 2.54 bits per heavy atom. The van der Waals surface area contributed by atoms with Crippen LogP contribution >= 0.6 is 0 Å². The molecule has 1 aromatic heterocycles. The second-order valence-corrected chi connectivity index (χ2v) is 8.79. The molecule has 2 N–H and O–H groups in total. The van der Waals surface area contributed by atoms with Crippen molar-refractivity contribution in [2.24, 2.45) is 0 Å². The van der Waals surface area contributed by atoms with Gasteiger partial charge in [-0.1, -0.05) is 18.2 Å². The van der Waals surface area contributed by atoms with Crippen molar-refractivity contribution in [1.29, 1.82) is 0 Å². The lowest BCUT2D eigenvalue weighted by Gasteiger charge is -2.34. The van der Waals surface area contributed by atoms with Gasteiger partial charge in [0.05, 0.1) is 11.9 Å². The number of aromatic nitrogens is 2. The summed E-state index contributed by atoms with van der Waals surface area (Å²) >= 11 is 0. The Morgan fingerprint density at radius 2 is 1.80 bits per heavy atom. The normalized spacial score (nSPS) is 17.6. The van der Waals surface area contributed by atoms with E-state index >= 15 is 0 Å². The number of hydrogen-bond donors (Lipinski definition) is 2. The molecule has 1 fully saturated rings. The van der Waals surface area contributed by atoms with Crippen LogP contribution in [0.15, 0.2) is 73.5 Å². The van der Waals surface area contributed by atoms with Crippen molar-refractivity contribution in [1.82, 2.24) is 19.8 Å². The molecule has 2 aliphatic rings. The fourth-order valence-electron chi connectivity index (χ4n) is 4.28. The minimum atomic E-state index is -0.413. The maximum Gasteiger partial charge on any atom is 0.260 e. The molecule has 0 spiro atoms. The molecule has 0 unspecified atom stereocenters. The Morgan fingerprint density at radius 1 is 1.00 bits per heavy atom. The van der Waals surface area contributed by atoms with E-state index in [2.05, 4.69) is 44.6 Å². The number of imidazole rings is 1. The van der Waals surface area contributed by atoms with Gasteiger partial charge in [-0.3, -0.25) is 14.9 Å². The second kappa shape index (κ2) is 9.99. The topological polar surface area (TPSA) is 82.5 Å². The zero-order valence-corrected chi connectivity index (χ0v) is 19.6. The first-order valence-electron chi connectivity index (χ1n) is 11.7. The molecular formula is C27H28N6O2. The first-order chi connectivity index (χ1) is 17.1. The van der Waals surface area contributed by atoms with Crippen LogP contribution in [-0.2, 0) is 11.3 Å². The number of imide groups is 1. The molecule has 35 heavy (non-hydrogen) atoms. The van der Waals surface area contributed by atoms with Crippen LogP contribution < -0.4 is 15.5 Å². The third-order valence-electron chi connectivity index (χ3n) is 6.35. The van der Waals surface area contributed by atoms with E-state index in [-0.39, 0.29) is 5.91 Å². The average molecular weight is 469 g/mol. The van der Waals surface area contributed by atoms with E-state index < -0.39 is 5.91 Å². The van der Waals surface area contributed by atoms with Gasteiger partial charge in [0, 0.05) is 73.8 Å². The first-order valence-corrected chi connectivity index (χ1v) is 11.7. The van der Waals surface area contributed by atoms with Crippen molar-refractivity contribution in [2.45, 2.75) is 6.54 Å². The lowest BCUT2D eigenvalue weighted by molar-refractivity contribution is -0.114. The monoisotopic (exact) mass is 468 g/mol. The van der Waals surface area contributed by atoms with Crippen molar-refractivity contribution >= 4 is 34.8 Å². The predicted octanol–water partition coefficient (Wildman–Crippen LogP) is 3.07. The molecular weight excluding hydrogens is 440 g/mol. The van der Waals surface area contributed by atoms with Crippen molar-refractivity contribution in [3.05, 3.63) is 90.2 Å². The van der Waals surface area contributed by atoms with Crippen molar-refractivity contribution in [3.8, 4) is 0 Å². The minimum Gasteiger partial charge on any atom is -0.369 e. The van der Waals surface area contributed by atoms with E-state index in [4.69, 9.17) is 0 Å². The number of likely N-dealkylation sites (N-methyl/N-ethyl adjacent to an activating group) is 1. The van der Waals surface area contributed by atoms with Crippen LogP contribution in [0.2, 0.25) is 0 Å². The Kier molecular flexibility index (Phi) is 6.45. The van der Waals surface area contributed by atoms with E-state index in [1.165, 1.54) is 5.69 Å². The van der Waals surface area contributed by atoms with Crippen molar-refractivity contribution < 1.29 is 9.59 Å². The van der Waals surface area contributed by atoms with Crippen molar-refractivity contribution in [2.75, 3.05) is 43.4 Å². The van der Waals surface area contributed by atoms with E-state index in [1.807, 2.05) is 47.2 Å². The maximum atomic E-state index is 12.7. The quantitative estimate of drug-likeness (QED) is 0.428. The lowest BCUT2D eigenvalue weighted by Crippen LogP contribution is -2.44. The van der Waals surface area contributed by atoms with Gasteiger partial charge in [-0.05, 0) is 49.0 Å². The SMILES string of the molecule is CN1CCN(c2ccc(N/C=C3\C(=O)NC(=O)c4ccc(/C=C/Cn5ccnc5)cc43)cc2)CC1. The van der Waals surface area contributed by atoms with E-state index in [0.717, 1.165) is 37.4 Å². The molecule has 0 saturated carbocycles. The number of hydrogen-bond acceptors (Lipinski definition) is 6. The van der Waals surface area contributed by atoms with E-state index in [9.17, 15) is 9.59 Å². The molecule has 2 aliphatic heterocycles. The maximum absolute atomic E-state index is 12.7. The summed E-state index contributed by atoms with van der Waals surface area (Å²) in [5, 5.41) is 5.66. The van der Waals surface area contributed by atoms with Gasteiger partial charge in [0.1, 0.15) is 0 Å². The summed E-state index contributed by atoms with van der Waals surface area (Å²) in [6, 6.07) is 13.7. The van der Waals surface area contributed by atoms with Crippen LogP contribution in [0.3, 0.4) is 0 Å². The zero-order valence-electron chi connectivity index (χ0n) is 19.6. The molecule has 5 rings (SSSR count). The highest BCUT2D eigenvalue weighted by Crippen LogP contribution is 2.27. The number of amides is 2. The van der Waals surface area contributed by atoms with E-state index in [1.54, 1.807) is 24.8 Å². The molecule has 0 atom stereocenters. The molecule has 3 aromatic rings. The summed E-state index contributed by atoms with van der Waals surface area (Å²) in [6.45, 7) is 4.82. The van der Waals surface area contributed by atoms with Gasteiger partial charge in [0.15, 0.2) is 0 Å². The van der Waals surface area contributed by atoms with Gasteiger partial charge in [-0.15, -0.1) is 0 Å². The largest absolute Gasteiger partial charge is 0.369 e. The van der Waals surface area contributed by atoms with Crippen LogP contribution in [0, 0.1) is 0 Å². The number of allylic oxidation sites excluding steroid dienone is 1. The summed E-state index contributed by atoms with van der Waals surface area (Å²) in [4.78, 5) is 33.8. The fourth-order valence-corrected chi connectivity index (χ4v) is 4.28. The fraction of sp³-hybridized carbons (Fsp3) is 0.222. The van der Waals surface area contributed by atoms with Crippen LogP contribution in [0.5, 0.6) is 0 Å². The number of carbonyl (C=O) groups is 2. The molecule has 0 bridgehead atoms. The molecule has 3 heterocycles. The molecule has 178 valence electrons. The number of carbonyl (C=O) groups excluding carboxylic acids is 2. The number of fused-ring (bicyclic) bond motifs is 1. The first kappa shape index (κ1) is 22.6. The highest BCUT2D eigenvalue weighted by atomic mass is 16.2. The zero-order chi connectivity index (χ0) is 24.2. The summed E-state index contributed by atoms with van der Waals surface area (Å²) < 4.78 is 1.95. The molecule has 8 nitrogen and oxygen atoms in total. The van der Waals surface area contributed by atoms with Gasteiger partial charge in [-0.2, -0.15) is 0 Å². The average Bonchev–Trinajstić information content (AvgIpc) is 3.38. The molecule has 2 amide bonds. The Hall–Kier alpha value is -4.17. The summed E-state index contributed by atoms with van der Waals surface area (Å²) in [6.07, 6.45) is 11.0. The highest BCUT2D eigenvalue weighted by molar-refractivity contribution is 6.31. The molecule has 1 saturated heterocycles. The second-order valence-electron chi connectivity index (χ2n) is 8.79. The Labute approximate surface area is 204 Å².